The molecule has 0 radical (unpaired) electrons. The minimum absolute atomic E-state index is 0.0866. The monoisotopic (exact) mass is 252 g/mol. The maximum atomic E-state index is 11.7. The number of rotatable bonds is 7. The molecule has 17 heavy (non-hydrogen) atoms. The number of thioether (sulfide) groups is 1. The fraction of sp³-hybridized carbons (Fsp3) is 0.462. The summed E-state index contributed by atoms with van der Waals surface area (Å²) in [5.74, 6) is 0.0866. The summed E-state index contributed by atoms with van der Waals surface area (Å²) in [5.41, 5.74) is 6.31. The molecule has 0 aliphatic heterocycles. The van der Waals surface area contributed by atoms with Crippen molar-refractivity contribution in [1.29, 1.82) is 0 Å². The molecular formula is C13H20N2OS. The van der Waals surface area contributed by atoms with E-state index in [2.05, 4.69) is 5.32 Å². The lowest BCUT2D eigenvalue weighted by Gasteiger charge is -2.08. The Kier molecular flexibility index (Phi) is 6.74. The molecule has 0 fully saturated rings. The number of benzene rings is 1. The molecule has 1 rings (SSSR count). The maximum Gasteiger partial charge on any atom is 0.224 e. The first kappa shape index (κ1) is 14.1. The fourth-order valence-electron chi connectivity index (χ4n) is 1.57. The first-order chi connectivity index (χ1) is 8.27. The van der Waals surface area contributed by atoms with Gasteiger partial charge in [0.25, 0.3) is 0 Å². The number of hydrogen-bond acceptors (Lipinski definition) is 3. The zero-order chi connectivity index (χ0) is 12.5. The molecule has 0 saturated carbocycles. The molecule has 0 bridgehead atoms. The Bertz CT molecular complexity index is 355. The van der Waals surface area contributed by atoms with Crippen LogP contribution in [0.5, 0.6) is 0 Å². The van der Waals surface area contributed by atoms with Gasteiger partial charge in [0.1, 0.15) is 0 Å². The zero-order valence-electron chi connectivity index (χ0n) is 10.2. The van der Waals surface area contributed by atoms with Gasteiger partial charge in [-0.2, -0.15) is 0 Å². The summed E-state index contributed by atoms with van der Waals surface area (Å²) in [6, 6.07) is 7.85. The van der Waals surface area contributed by atoms with E-state index in [-0.39, 0.29) is 5.91 Å². The highest BCUT2D eigenvalue weighted by molar-refractivity contribution is 7.98. The van der Waals surface area contributed by atoms with E-state index in [9.17, 15) is 4.79 Å². The Labute approximate surface area is 107 Å². The van der Waals surface area contributed by atoms with Crippen LogP contribution in [0.4, 0.5) is 5.69 Å². The largest absolute Gasteiger partial charge is 0.330 e. The lowest BCUT2D eigenvalue weighted by atomic mass is 10.2. The van der Waals surface area contributed by atoms with Gasteiger partial charge in [0.2, 0.25) is 5.91 Å². The van der Waals surface area contributed by atoms with Crippen LogP contribution < -0.4 is 11.1 Å². The number of para-hydroxylation sites is 1. The van der Waals surface area contributed by atoms with Gasteiger partial charge in [-0.3, -0.25) is 4.79 Å². The molecule has 4 heteroatoms. The summed E-state index contributed by atoms with van der Waals surface area (Å²) < 4.78 is 0. The molecule has 0 aliphatic carbocycles. The van der Waals surface area contributed by atoms with Crippen LogP contribution in [0.3, 0.4) is 0 Å². The normalized spacial score (nSPS) is 10.2. The van der Waals surface area contributed by atoms with Crippen molar-refractivity contribution < 1.29 is 4.79 Å². The summed E-state index contributed by atoms with van der Waals surface area (Å²) in [6.07, 6.45) is 5.50. The van der Waals surface area contributed by atoms with Crippen LogP contribution in [0.15, 0.2) is 29.2 Å². The Morgan fingerprint density at radius 3 is 2.76 bits per heavy atom. The fourth-order valence-corrected chi connectivity index (χ4v) is 2.12. The average Bonchev–Trinajstić information content (AvgIpc) is 2.35. The summed E-state index contributed by atoms with van der Waals surface area (Å²) >= 11 is 1.64. The van der Waals surface area contributed by atoms with E-state index in [0.29, 0.717) is 13.0 Å². The third kappa shape index (κ3) is 5.24. The van der Waals surface area contributed by atoms with Crippen LogP contribution >= 0.6 is 11.8 Å². The number of unbranched alkanes of at least 4 members (excludes halogenated alkanes) is 2. The Morgan fingerprint density at radius 1 is 1.29 bits per heavy atom. The van der Waals surface area contributed by atoms with Crippen LogP contribution in [-0.4, -0.2) is 18.7 Å². The van der Waals surface area contributed by atoms with Crippen molar-refractivity contribution in [3.05, 3.63) is 24.3 Å². The van der Waals surface area contributed by atoms with E-state index >= 15 is 0 Å². The molecular weight excluding hydrogens is 232 g/mol. The highest BCUT2D eigenvalue weighted by Crippen LogP contribution is 2.24. The molecule has 0 unspecified atom stereocenters. The summed E-state index contributed by atoms with van der Waals surface area (Å²) in [7, 11) is 0. The Morgan fingerprint density at radius 2 is 2.06 bits per heavy atom. The number of anilines is 1. The van der Waals surface area contributed by atoms with Gasteiger partial charge in [0, 0.05) is 11.3 Å². The lowest BCUT2D eigenvalue weighted by Crippen LogP contribution is -2.12. The Balaban J connectivity index is 2.39. The molecule has 1 aromatic rings. The quantitative estimate of drug-likeness (QED) is 0.579. The number of nitrogens with one attached hydrogen (secondary N) is 1. The third-order valence-corrected chi connectivity index (χ3v) is 3.28. The molecule has 0 aliphatic rings. The van der Waals surface area contributed by atoms with E-state index in [0.717, 1.165) is 29.8 Å². The molecule has 94 valence electrons. The molecule has 3 N–H and O–H groups in total. The second kappa shape index (κ2) is 8.14. The van der Waals surface area contributed by atoms with E-state index in [4.69, 9.17) is 5.73 Å². The molecule has 0 atom stereocenters. The highest BCUT2D eigenvalue weighted by Gasteiger charge is 2.05. The summed E-state index contributed by atoms with van der Waals surface area (Å²) in [4.78, 5) is 12.8. The van der Waals surface area contributed by atoms with Crippen LogP contribution in [-0.2, 0) is 4.79 Å². The molecule has 0 spiro atoms. The second-order valence-electron chi connectivity index (χ2n) is 3.85. The molecule has 0 heterocycles. The van der Waals surface area contributed by atoms with Crippen molar-refractivity contribution in [2.75, 3.05) is 18.1 Å². The summed E-state index contributed by atoms with van der Waals surface area (Å²) in [5, 5.41) is 2.95. The van der Waals surface area contributed by atoms with Crippen molar-refractivity contribution in [2.45, 2.75) is 30.6 Å². The first-order valence-electron chi connectivity index (χ1n) is 5.91. The highest BCUT2D eigenvalue weighted by atomic mass is 32.2. The zero-order valence-corrected chi connectivity index (χ0v) is 11.1. The topological polar surface area (TPSA) is 55.1 Å². The Hall–Kier alpha value is -1.00. The van der Waals surface area contributed by atoms with Gasteiger partial charge in [0.15, 0.2) is 0 Å². The van der Waals surface area contributed by atoms with Gasteiger partial charge in [-0.1, -0.05) is 18.6 Å². The van der Waals surface area contributed by atoms with Crippen LogP contribution in [0.1, 0.15) is 25.7 Å². The van der Waals surface area contributed by atoms with Crippen molar-refractivity contribution in [3.8, 4) is 0 Å². The lowest BCUT2D eigenvalue weighted by molar-refractivity contribution is -0.116. The SMILES string of the molecule is CSc1ccccc1NC(=O)CCCCCN. The van der Waals surface area contributed by atoms with Gasteiger partial charge in [-0.25, -0.2) is 0 Å². The molecule has 3 nitrogen and oxygen atoms in total. The minimum atomic E-state index is 0.0866. The van der Waals surface area contributed by atoms with Crippen LogP contribution in [0, 0.1) is 0 Å². The number of nitrogens with two attached hydrogens (primary N) is 1. The van der Waals surface area contributed by atoms with E-state index < -0.39 is 0 Å². The van der Waals surface area contributed by atoms with Gasteiger partial charge in [-0.15, -0.1) is 11.8 Å². The maximum absolute atomic E-state index is 11.7. The number of amides is 1. The molecule has 1 amide bonds. The predicted molar refractivity (Wildman–Crippen MR) is 74.4 cm³/mol. The second-order valence-corrected chi connectivity index (χ2v) is 4.70. The minimum Gasteiger partial charge on any atom is -0.330 e. The van der Waals surface area contributed by atoms with E-state index in [1.165, 1.54) is 0 Å². The third-order valence-electron chi connectivity index (χ3n) is 2.49. The van der Waals surface area contributed by atoms with Crippen molar-refractivity contribution in [1.82, 2.24) is 0 Å². The number of carbonyl (C=O) groups is 1. The number of hydrogen-bond donors (Lipinski definition) is 2. The standard InChI is InChI=1S/C13H20N2OS/c1-17-12-8-5-4-7-11(12)15-13(16)9-3-2-6-10-14/h4-5,7-8H,2-3,6,9-10,14H2,1H3,(H,15,16). The van der Waals surface area contributed by atoms with Gasteiger partial charge in [0.05, 0.1) is 5.69 Å². The van der Waals surface area contributed by atoms with E-state index in [1.54, 1.807) is 11.8 Å². The van der Waals surface area contributed by atoms with Crippen molar-refractivity contribution in [2.24, 2.45) is 5.73 Å². The van der Waals surface area contributed by atoms with Crippen LogP contribution in [0.2, 0.25) is 0 Å². The molecule has 0 aromatic heterocycles. The average molecular weight is 252 g/mol. The molecule has 0 saturated heterocycles. The van der Waals surface area contributed by atoms with Gasteiger partial charge >= 0.3 is 0 Å². The molecule has 1 aromatic carbocycles. The van der Waals surface area contributed by atoms with Gasteiger partial charge < -0.3 is 11.1 Å². The van der Waals surface area contributed by atoms with Crippen LogP contribution in [0.25, 0.3) is 0 Å². The predicted octanol–water partition coefficient (Wildman–Crippen LogP) is 2.87. The van der Waals surface area contributed by atoms with Gasteiger partial charge in [-0.05, 0) is 37.8 Å². The van der Waals surface area contributed by atoms with Crippen molar-refractivity contribution in [3.63, 3.8) is 0 Å². The van der Waals surface area contributed by atoms with E-state index in [1.807, 2.05) is 30.5 Å². The summed E-state index contributed by atoms with van der Waals surface area (Å²) in [6.45, 7) is 0.705. The van der Waals surface area contributed by atoms with Crippen molar-refractivity contribution >= 4 is 23.4 Å². The number of carbonyl (C=O) groups excluding carboxylic acids is 1. The first-order valence-corrected chi connectivity index (χ1v) is 7.13. The smallest absolute Gasteiger partial charge is 0.224 e.